The van der Waals surface area contributed by atoms with Gasteiger partial charge in [0.2, 0.25) is 0 Å². The van der Waals surface area contributed by atoms with Crippen LogP contribution in [0.25, 0.3) is 0 Å². The van der Waals surface area contributed by atoms with Crippen molar-refractivity contribution in [1.82, 2.24) is 4.98 Å². The van der Waals surface area contributed by atoms with E-state index in [4.69, 9.17) is 0 Å². The van der Waals surface area contributed by atoms with E-state index in [-0.39, 0.29) is 0 Å². The molecule has 3 heteroatoms. The van der Waals surface area contributed by atoms with E-state index >= 15 is 0 Å². The van der Waals surface area contributed by atoms with Crippen LogP contribution >= 0.6 is 11.3 Å². The summed E-state index contributed by atoms with van der Waals surface area (Å²) >= 11 is 1.75. The Morgan fingerprint density at radius 2 is 2.46 bits per heavy atom. The number of anilines is 1. The van der Waals surface area contributed by atoms with E-state index in [0.717, 1.165) is 11.8 Å². The molecule has 1 aromatic heterocycles. The minimum absolute atomic E-state index is 0.810. The minimum atomic E-state index is 0.810. The maximum Gasteiger partial charge on any atom is 0.185 e. The topological polar surface area (TPSA) is 16.1 Å². The highest BCUT2D eigenvalue weighted by Crippen LogP contribution is 2.28. The van der Waals surface area contributed by atoms with Gasteiger partial charge in [-0.05, 0) is 18.3 Å². The number of rotatable bonds is 2. The molecule has 0 unspecified atom stereocenters. The largest absolute Gasteiger partial charge is 0.348 e. The average molecular weight is 196 g/mol. The maximum atomic E-state index is 4.34. The van der Waals surface area contributed by atoms with Gasteiger partial charge in [-0.25, -0.2) is 4.98 Å². The second-order valence-electron chi connectivity index (χ2n) is 4.05. The van der Waals surface area contributed by atoms with E-state index in [1.54, 1.807) is 11.3 Å². The van der Waals surface area contributed by atoms with Crippen molar-refractivity contribution in [2.24, 2.45) is 11.8 Å². The lowest BCUT2D eigenvalue weighted by atomic mass is 9.95. The van der Waals surface area contributed by atoms with Crippen LogP contribution in [0.5, 0.6) is 0 Å². The molecule has 2 heterocycles. The summed E-state index contributed by atoms with van der Waals surface area (Å²) in [4.78, 5) is 6.75. The Bertz CT molecular complexity index is 256. The van der Waals surface area contributed by atoms with Crippen molar-refractivity contribution in [3.63, 3.8) is 0 Å². The Hall–Kier alpha value is -0.570. The van der Waals surface area contributed by atoms with Crippen LogP contribution in [0.2, 0.25) is 0 Å². The lowest BCUT2D eigenvalue weighted by Crippen LogP contribution is -2.20. The van der Waals surface area contributed by atoms with Crippen molar-refractivity contribution in [3.05, 3.63) is 11.6 Å². The molecule has 1 aliphatic rings. The molecule has 72 valence electrons. The summed E-state index contributed by atoms with van der Waals surface area (Å²) in [6, 6.07) is 0. The third-order valence-corrected chi connectivity index (χ3v) is 3.69. The molecular formula is C10H16N2S. The van der Waals surface area contributed by atoms with E-state index < -0.39 is 0 Å². The van der Waals surface area contributed by atoms with E-state index in [2.05, 4.69) is 29.1 Å². The van der Waals surface area contributed by atoms with Gasteiger partial charge in [0.05, 0.1) is 0 Å². The Morgan fingerprint density at radius 3 is 3.00 bits per heavy atom. The molecule has 2 rings (SSSR count). The number of hydrogen-bond acceptors (Lipinski definition) is 3. The highest BCUT2D eigenvalue weighted by Gasteiger charge is 2.25. The average Bonchev–Trinajstić information content (AvgIpc) is 2.75. The van der Waals surface area contributed by atoms with Crippen LogP contribution < -0.4 is 4.90 Å². The predicted octanol–water partition coefficient (Wildman–Crippen LogP) is 2.63. The second kappa shape index (κ2) is 3.66. The van der Waals surface area contributed by atoms with Crippen LogP contribution in [0.1, 0.15) is 20.3 Å². The SMILES string of the molecule is CC(C)[C@@H]1CCN(c2nccs2)C1. The van der Waals surface area contributed by atoms with Gasteiger partial charge in [0.15, 0.2) is 5.13 Å². The first kappa shape index (κ1) is 9.00. The fourth-order valence-corrected chi connectivity index (χ4v) is 2.56. The Labute approximate surface area is 83.6 Å². The zero-order chi connectivity index (χ0) is 9.26. The van der Waals surface area contributed by atoms with Crippen molar-refractivity contribution in [3.8, 4) is 0 Å². The lowest BCUT2D eigenvalue weighted by molar-refractivity contribution is 0.423. The molecule has 0 N–H and O–H groups in total. The van der Waals surface area contributed by atoms with Crippen molar-refractivity contribution in [2.45, 2.75) is 20.3 Å². The van der Waals surface area contributed by atoms with Crippen LogP contribution in [0.4, 0.5) is 5.13 Å². The summed E-state index contributed by atoms with van der Waals surface area (Å²) in [6.45, 7) is 7.02. The number of thiazole rings is 1. The number of aromatic nitrogens is 1. The molecule has 0 spiro atoms. The van der Waals surface area contributed by atoms with Crippen molar-refractivity contribution < 1.29 is 0 Å². The molecule has 1 aromatic rings. The van der Waals surface area contributed by atoms with Crippen molar-refractivity contribution >= 4 is 16.5 Å². The van der Waals surface area contributed by atoms with Gasteiger partial charge in [-0.1, -0.05) is 13.8 Å². The van der Waals surface area contributed by atoms with Gasteiger partial charge in [0, 0.05) is 24.7 Å². The highest BCUT2D eigenvalue weighted by molar-refractivity contribution is 7.13. The molecule has 13 heavy (non-hydrogen) atoms. The molecule has 0 bridgehead atoms. The first-order chi connectivity index (χ1) is 6.27. The molecule has 0 saturated carbocycles. The smallest absolute Gasteiger partial charge is 0.185 e. The van der Waals surface area contributed by atoms with Gasteiger partial charge in [0.1, 0.15) is 0 Å². The third kappa shape index (κ3) is 1.85. The zero-order valence-corrected chi connectivity index (χ0v) is 9.05. The molecule has 0 aliphatic carbocycles. The minimum Gasteiger partial charge on any atom is -0.348 e. The Morgan fingerprint density at radius 1 is 1.62 bits per heavy atom. The first-order valence-electron chi connectivity index (χ1n) is 4.92. The number of hydrogen-bond donors (Lipinski definition) is 0. The van der Waals surface area contributed by atoms with Gasteiger partial charge < -0.3 is 4.90 Å². The highest BCUT2D eigenvalue weighted by atomic mass is 32.1. The van der Waals surface area contributed by atoms with Crippen molar-refractivity contribution in [2.75, 3.05) is 18.0 Å². The summed E-state index contributed by atoms with van der Waals surface area (Å²) in [5.74, 6) is 1.67. The molecule has 0 amide bonds. The second-order valence-corrected chi connectivity index (χ2v) is 4.93. The Balaban J connectivity index is 1.99. The molecule has 1 fully saturated rings. The molecule has 2 nitrogen and oxygen atoms in total. The van der Waals surface area contributed by atoms with Gasteiger partial charge >= 0.3 is 0 Å². The third-order valence-electron chi connectivity index (χ3n) is 2.86. The molecular weight excluding hydrogens is 180 g/mol. The summed E-state index contributed by atoms with van der Waals surface area (Å²) in [7, 11) is 0. The summed E-state index contributed by atoms with van der Waals surface area (Å²) in [5, 5.41) is 3.25. The first-order valence-corrected chi connectivity index (χ1v) is 5.80. The fraction of sp³-hybridized carbons (Fsp3) is 0.700. The quantitative estimate of drug-likeness (QED) is 0.723. The standard InChI is InChI=1S/C10H16N2S/c1-8(2)9-3-5-12(7-9)10-11-4-6-13-10/h4,6,8-9H,3,5,7H2,1-2H3/t9-/m1/s1. The van der Waals surface area contributed by atoms with Crippen LogP contribution in [-0.4, -0.2) is 18.1 Å². The van der Waals surface area contributed by atoms with Crippen molar-refractivity contribution in [1.29, 1.82) is 0 Å². The number of nitrogens with zero attached hydrogens (tertiary/aromatic N) is 2. The fourth-order valence-electron chi connectivity index (χ4n) is 1.88. The van der Waals surface area contributed by atoms with E-state index in [9.17, 15) is 0 Å². The zero-order valence-electron chi connectivity index (χ0n) is 8.23. The van der Waals surface area contributed by atoms with E-state index in [1.807, 2.05) is 6.20 Å². The maximum absolute atomic E-state index is 4.34. The van der Waals surface area contributed by atoms with Gasteiger partial charge in [-0.3, -0.25) is 0 Å². The predicted molar refractivity (Wildman–Crippen MR) is 57.3 cm³/mol. The van der Waals surface area contributed by atoms with Crippen LogP contribution in [0, 0.1) is 11.8 Å². The summed E-state index contributed by atoms with van der Waals surface area (Å²) in [6.07, 6.45) is 3.22. The van der Waals surface area contributed by atoms with Gasteiger partial charge in [-0.15, -0.1) is 11.3 Å². The normalized spacial score (nSPS) is 23.0. The molecule has 0 radical (unpaired) electrons. The monoisotopic (exact) mass is 196 g/mol. The summed E-state index contributed by atoms with van der Waals surface area (Å²) in [5.41, 5.74) is 0. The summed E-state index contributed by atoms with van der Waals surface area (Å²) < 4.78 is 0. The van der Waals surface area contributed by atoms with E-state index in [1.165, 1.54) is 24.6 Å². The van der Waals surface area contributed by atoms with Crippen LogP contribution in [0.15, 0.2) is 11.6 Å². The molecule has 1 aliphatic heterocycles. The van der Waals surface area contributed by atoms with Gasteiger partial charge in [-0.2, -0.15) is 0 Å². The van der Waals surface area contributed by atoms with E-state index in [0.29, 0.717) is 0 Å². The molecule has 1 atom stereocenters. The molecule has 0 aromatic carbocycles. The van der Waals surface area contributed by atoms with Crippen LogP contribution in [-0.2, 0) is 0 Å². The Kier molecular flexibility index (Phi) is 2.54. The molecule has 1 saturated heterocycles. The lowest BCUT2D eigenvalue weighted by Gasteiger charge is -2.16. The van der Waals surface area contributed by atoms with Gasteiger partial charge in [0.25, 0.3) is 0 Å². The van der Waals surface area contributed by atoms with Crippen LogP contribution in [0.3, 0.4) is 0 Å².